The minimum absolute atomic E-state index is 0.148. The number of ether oxygens (including phenoxy) is 1. The lowest BCUT2D eigenvalue weighted by Crippen LogP contribution is -2.49. The Kier molecular flexibility index (Phi) is 4.99. The average Bonchev–Trinajstić information content (AvgIpc) is 2.53. The van der Waals surface area contributed by atoms with Crippen molar-refractivity contribution in [1.29, 1.82) is 5.26 Å². The van der Waals surface area contributed by atoms with E-state index >= 15 is 0 Å². The molecule has 1 aromatic carbocycles. The SMILES string of the molecule is COc1ccc(CNC2(CO)CCCCC2)cc1C#N. The van der Waals surface area contributed by atoms with E-state index in [1.807, 2.05) is 18.2 Å². The topological polar surface area (TPSA) is 65.3 Å². The third-order valence-electron chi connectivity index (χ3n) is 4.17. The molecule has 1 aromatic rings. The molecule has 0 heterocycles. The summed E-state index contributed by atoms with van der Waals surface area (Å²) in [7, 11) is 1.57. The number of nitriles is 1. The fraction of sp³-hybridized carbons (Fsp3) is 0.562. The maximum absolute atomic E-state index is 9.67. The lowest BCUT2D eigenvalue weighted by Gasteiger charge is -2.36. The summed E-state index contributed by atoms with van der Waals surface area (Å²) in [6.45, 7) is 0.841. The number of aliphatic hydroxyl groups excluding tert-OH is 1. The molecule has 1 saturated carbocycles. The van der Waals surface area contributed by atoms with E-state index in [0.717, 1.165) is 18.4 Å². The third kappa shape index (κ3) is 3.30. The van der Waals surface area contributed by atoms with Crippen LogP contribution >= 0.6 is 0 Å². The van der Waals surface area contributed by atoms with Crippen LogP contribution in [0.5, 0.6) is 5.75 Å². The van der Waals surface area contributed by atoms with Gasteiger partial charge in [0.2, 0.25) is 0 Å². The normalized spacial score (nSPS) is 17.4. The van der Waals surface area contributed by atoms with Gasteiger partial charge in [0.1, 0.15) is 11.8 Å². The van der Waals surface area contributed by atoms with Gasteiger partial charge in [-0.1, -0.05) is 25.3 Å². The Morgan fingerprint density at radius 1 is 1.35 bits per heavy atom. The maximum atomic E-state index is 9.67. The van der Waals surface area contributed by atoms with Gasteiger partial charge in [0.15, 0.2) is 0 Å². The molecule has 2 rings (SSSR count). The number of benzene rings is 1. The Morgan fingerprint density at radius 2 is 2.10 bits per heavy atom. The van der Waals surface area contributed by atoms with E-state index in [1.54, 1.807) is 7.11 Å². The highest BCUT2D eigenvalue weighted by Gasteiger charge is 2.30. The second-order valence-electron chi connectivity index (χ2n) is 5.50. The van der Waals surface area contributed by atoms with Gasteiger partial charge in [-0.2, -0.15) is 5.26 Å². The number of hydrogen-bond acceptors (Lipinski definition) is 4. The Hall–Kier alpha value is -1.57. The van der Waals surface area contributed by atoms with Gasteiger partial charge in [0, 0.05) is 12.1 Å². The van der Waals surface area contributed by atoms with Crippen molar-refractivity contribution in [2.75, 3.05) is 13.7 Å². The summed E-state index contributed by atoms with van der Waals surface area (Å²) >= 11 is 0. The third-order valence-corrected chi connectivity index (χ3v) is 4.17. The van der Waals surface area contributed by atoms with Crippen molar-refractivity contribution in [2.24, 2.45) is 0 Å². The Balaban J connectivity index is 2.05. The number of rotatable bonds is 5. The number of hydrogen-bond donors (Lipinski definition) is 2. The quantitative estimate of drug-likeness (QED) is 0.865. The summed E-state index contributed by atoms with van der Waals surface area (Å²) in [5.74, 6) is 0.603. The van der Waals surface area contributed by atoms with E-state index in [-0.39, 0.29) is 12.1 Å². The smallest absolute Gasteiger partial charge is 0.136 e. The molecule has 0 bridgehead atoms. The molecular formula is C16H22N2O2. The predicted molar refractivity (Wildman–Crippen MR) is 77.5 cm³/mol. The van der Waals surface area contributed by atoms with Crippen LogP contribution in [-0.4, -0.2) is 24.4 Å². The van der Waals surface area contributed by atoms with Crippen molar-refractivity contribution in [1.82, 2.24) is 5.32 Å². The van der Waals surface area contributed by atoms with Gasteiger partial charge in [-0.25, -0.2) is 0 Å². The number of aliphatic hydroxyl groups is 1. The first-order chi connectivity index (χ1) is 9.73. The average molecular weight is 274 g/mol. The first kappa shape index (κ1) is 14.8. The van der Waals surface area contributed by atoms with E-state index in [9.17, 15) is 5.11 Å². The zero-order chi connectivity index (χ0) is 14.4. The van der Waals surface area contributed by atoms with Crippen LogP contribution in [0.15, 0.2) is 18.2 Å². The highest BCUT2D eigenvalue weighted by molar-refractivity contribution is 5.45. The van der Waals surface area contributed by atoms with Gasteiger partial charge in [0.25, 0.3) is 0 Å². The van der Waals surface area contributed by atoms with Crippen LogP contribution < -0.4 is 10.1 Å². The lowest BCUT2D eigenvalue weighted by atomic mass is 9.82. The second-order valence-corrected chi connectivity index (χ2v) is 5.50. The van der Waals surface area contributed by atoms with Crippen molar-refractivity contribution < 1.29 is 9.84 Å². The molecule has 1 aliphatic carbocycles. The molecule has 0 radical (unpaired) electrons. The minimum Gasteiger partial charge on any atom is -0.495 e. The molecule has 4 nitrogen and oxygen atoms in total. The van der Waals surface area contributed by atoms with E-state index in [1.165, 1.54) is 19.3 Å². The summed E-state index contributed by atoms with van der Waals surface area (Å²) in [6.07, 6.45) is 5.62. The predicted octanol–water partition coefficient (Wildman–Crippen LogP) is 2.35. The van der Waals surface area contributed by atoms with E-state index < -0.39 is 0 Å². The molecule has 0 aromatic heterocycles. The molecule has 1 fully saturated rings. The maximum Gasteiger partial charge on any atom is 0.136 e. The molecule has 20 heavy (non-hydrogen) atoms. The van der Waals surface area contributed by atoms with Crippen LogP contribution in [0.1, 0.15) is 43.2 Å². The molecule has 0 saturated heterocycles. The van der Waals surface area contributed by atoms with Crippen LogP contribution in [-0.2, 0) is 6.54 Å². The number of nitrogens with zero attached hydrogens (tertiary/aromatic N) is 1. The standard InChI is InChI=1S/C16H22N2O2/c1-20-15-6-5-13(9-14(15)10-17)11-18-16(12-19)7-3-2-4-8-16/h5-6,9,18-19H,2-4,7-8,11-12H2,1H3. The lowest BCUT2D eigenvalue weighted by molar-refractivity contribution is 0.119. The monoisotopic (exact) mass is 274 g/mol. The van der Waals surface area contributed by atoms with Crippen molar-refractivity contribution >= 4 is 0 Å². The molecule has 0 aliphatic heterocycles. The molecule has 0 spiro atoms. The van der Waals surface area contributed by atoms with Crippen molar-refractivity contribution in [3.8, 4) is 11.8 Å². The molecule has 108 valence electrons. The summed E-state index contributed by atoms with van der Waals surface area (Å²) in [4.78, 5) is 0. The fourth-order valence-corrected chi connectivity index (χ4v) is 2.86. The highest BCUT2D eigenvalue weighted by atomic mass is 16.5. The largest absolute Gasteiger partial charge is 0.495 e. The molecule has 1 aliphatic rings. The van der Waals surface area contributed by atoms with Crippen molar-refractivity contribution in [2.45, 2.75) is 44.2 Å². The Morgan fingerprint density at radius 3 is 2.70 bits per heavy atom. The van der Waals surface area contributed by atoms with Crippen molar-refractivity contribution in [3.63, 3.8) is 0 Å². The Labute approximate surface area is 120 Å². The van der Waals surface area contributed by atoms with E-state index in [2.05, 4.69) is 11.4 Å². The van der Waals surface area contributed by atoms with Crippen LogP contribution in [0.2, 0.25) is 0 Å². The number of methoxy groups -OCH3 is 1. The van der Waals surface area contributed by atoms with Gasteiger partial charge in [-0.3, -0.25) is 0 Å². The van der Waals surface area contributed by atoms with Crippen LogP contribution in [0, 0.1) is 11.3 Å². The highest BCUT2D eigenvalue weighted by Crippen LogP contribution is 2.28. The zero-order valence-electron chi connectivity index (χ0n) is 12.0. The zero-order valence-corrected chi connectivity index (χ0v) is 12.0. The second kappa shape index (κ2) is 6.74. The van der Waals surface area contributed by atoms with Crippen LogP contribution in [0.3, 0.4) is 0 Å². The van der Waals surface area contributed by atoms with Gasteiger partial charge in [-0.05, 0) is 30.5 Å². The van der Waals surface area contributed by atoms with Crippen molar-refractivity contribution in [3.05, 3.63) is 29.3 Å². The molecule has 0 atom stereocenters. The molecule has 4 heteroatoms. The fourth-order valence-electron chi connectivity index (χ4n) is 2.86. The van der Waals surface area contributed by atoms with Gasteiger partial charge < -0.3 is 15.2 Å². The van der Waals surface area contributed by atoms with E-state index in [0.29, 0.717) is 17.9 Å². The first-order valence-corrected chi connectivity index (χ1v) is 7.16. The summed E-state index contributed by atoms with van der Waals surface area (Å²) in [5, 5.41) is 22.3. The van der Waals surface area contributed by atoms with Crippen LogP contribution in [0.25, 0.3) is 0 Å². The molecule has 2 N–H and O–H groups in total. The van der Waals surface area contributed by atoms with Gasteiger partial charge in [-0.15, -0.1) is 0 Å². The number of nitrogens with one attached hydrogen (secondary N) is 1. The van der Waals surface area contributed by atoms with Gasteiger partial charge >= 0.3 is 0 Å². The van der Waals surface area contributed by atoms with Crippen LogP contribution in [0.4, 0.5) is 0 Å². The first-order valence-electron chi connectivity index (χ1n) is 7.16. The summed E-state index contributed by atoms with van der Waals surface area (Å²) in [6, 6.07) is 7.77. The van der Waals surface area contributed by atoms with E-state index in [4.69, 9.17) is 10.00 Å². The molecule has 0 amide bonds. The minimum atomic E-state index is -0.148. The summed E-state index contributed by atoms with van der Waals surface area (Å²) in [5.41, 5.74) is 1.44. The molecule has 0 unspecified atom stereocenters. The summed E-state index contributed by atoms with van der Waals surface area (Å²) < 4.78 is 5.14. The molecular weight excluding hydrogens is 252 g/mol. The Bertz CT molecular complexity index is 488. The van der Waals surface area contributed by atoms with Gasteiger partial charge in [0.05, 0.1) is 19.3 Å².